The van der Waals surface area contributed by atoms with Crippen molar-refractivity contribution in [1.29, 1.82) is 0 Å². The van der Waals surface area contributed by atoms with Crippen molar-refractivity contribution in [2.24, 2.45) is 5.92 Å². The molecule has 1 aliphatic heterocycles. The second-order valence-corrected chi connectivity index (χ2v) is 6.24. The first kappa shape index (κ1) is 19.9. The summed E-state index contributed by atoms with van der Waals surface area (Å²) in [7, 11) is 0. The van der Waals surface area contributed by atoms with Gasteiger partial charge >= 0.3 is 0 Å². The molecule has 0 aliphatic carbocycles. The van der Waals surface area contributed by atoms with E-state index in [0.29, 0.717) is 5.92 Å². The molecule has 1 saturated heterocycles. The molecule has 130 valence electrons. The van der Waals surface area contributed by atoms with Gasteiger partial charge in [-0.05, 0) is 63.9 Å². The third kappa shape index (κ3) is 6.50. The van der Waals surface area contributed by atoms with Crippen molar-refractivity contribution in [2.45, 2.75) is 39.2 Å². The summed E-state index contributed by atoms with van der Waals surface area (Å²) in [5, 5.41) is 6.48. The Balaban J connectivity index is 0.00000264. The molecule has 4 nitrogen and oxygen atoms in total. The van der Waals surface area contributed by atoms with E-state index in [1.165, 1.54) is 12.8 Å². The highest BCUT2D eigenvalue weighted by Gasteiger charge is 2.24. The van der Waals surface area contributed by atoms with Crippen molar-refractivity contribution in [3.8, 4) is 0 Å². The minimum atomic E-state index is -0.0953. The monoisotopic (exact) mass is 339 g/mol. The smallest absolute Gasteiger partial charge is 0.241 e. The average molecular weight is 340 g/mol. The normalized spacial score (nSPS) is 19.0. The van der Waals surface area contributed by atoms with Gasteiger partial charge in [-0.15, -0.1) is 12.4 Å². The molecule has 0 saturated carbocycles. The molecule has 0 spiro atoms. The maximum absolute atomic E-state index is 12.5. The average Bonchev–Trinajstić information content (AvgIpc) is 2.55. The summed E-state index contributed by atoms with van der Waals surface area (Å²) < 4.78 is 0. The summed E-state index contributed by atoms with van der Waals surface area (Å²) in [5.74, 6) is 0.746. The van der Waals surface area contributed by atoms with E-state index in [4.69, 9.17) is 0 Å². The van der Waals surface area contributed by atoms with Gasteiger partial charge in [0.1, 0.15) is 0 Å². The summed E-state index contributed by atoms with van der Waals surface area (Å²) >= 11 is 0. The third-order valence-corrected chi connectivity index (χ3v) is 4.37. The Kier molecular flexibility index (Phi) is 9.22. The quantitative estimate of drug-likeness (QED) is 0.802. The first-order valence-electron chi connectivity index (χ1n) is 8.51. The van der Waals surface area contributed by atoms with Gasteiger partial charge in [-0.2, -0.15) is 0 Å². The summed E-state index contributed by atoms with van der Waals surface area (Å²) in [6, 6.07) is 9.61. The molecule has 2 rings (SSSR count). The molecule has 1 aromatic carbocycles. The molecule has 0 aromatic heterocycles. The van der Waals surface area contributed by atoms with E-state index < -0.39 is 0 Å². The second kappa shape index (κ2) is 10.6. The summed E-state index contributed by atoms with van der Waals surface area (Å²) in [6.07, 6.45) is 3.58. The van der Waals surface area contributed by atoms with E-state index in [2.05, 4.69) is 22.5 Å². The van der Waals surface area contributed by atoms with Crippen LogP contribution >= 0.6 is 12.4 Å². The standard InChI is InChI=1S/C18H29N3O.ClH/c1-3-12-21(14-16-8-7-11-19-13-16)15(2)18(22)20-17-9-5-4-6-10-17;/h4-6,9-10,15-16,19H,3,7-8,11-14H2,1-2H3,(H,20,22);1H. The molecule has 1 heterocycles. The molecule has 0 radical (unpaired) electrons. The van der Waals surface area contributed by atoms with Crippen molar-refractivity contribution in [2.75, 3.05) is 31.5 Å². The first-order valence-corrected chi connectivity index (χ1v) is 8.51. The number of nitrogens with one attached hydrogen (secondary N) is 2. The second-order valence-electron chi connectivity index (χ2n) is 6.24. The van der Waals surface area contributed by atoms with Crippen LogP contribution in [0.1, 0.15) is 33.1 Å². The Hall–Kier alpha value is -1.10. The number of para-hydroxylation sites is 1. The maximum Gasteiger partial charge on any atom is 0.241 e. The Morgan fingerprint density at radius 2 is 2.13 bits per heavy atom. The van der Waals surface area contributed by atoms with Crippen molar-refractivity contribution < 1.29 is 4.79 Å². The summed E-state index contributed by atoms with van der Waals surface area (Å²) in [5.41, 5.74) is 0.870. The minimum absolute atomic E-state index is 0. The number of carbonyl (C=O) groups is 1. The fourth-order valence-corrected chi connectivity index (χ4v) is 3.08. The molecule has 1 amide bonds. The molecule has 1 aliphatic rings. The molecule has 2 N–H and O–H groups in total. The predicted octanol–water partition coefficient (Wildman–Crippen LogP) is 3.15. The zero-order valence-electron chi connectivity index (χ0n) is 14.3. The zero-order valence-corrected chi connectivity index (χ0v) is 15.1. The van der Waals surface area contributed by atoms with Gasteiger partial charge in [0.15, 0.2) is 0 Å². The molecule has 2 unspecified atom stereocenters. The summed E-state index contributed by atoms with van der Waals surface area (Å²) in [4.78, 5) is 14.8. The van der Waals surface area contributed by atoms with Gasteiger partial charge in [0, 0.05) is 12.2 Å². The lowest BCUT2D eigenvalue weighted by molar-refractivity contribution is -0.121. The number of benzene rings is 1. The van der Waals surface area contributed by atoms with Crippen LogP contribution in [-0.2, 0) is 4.79 Å². The zero-order chi connectivity index (χ0) is 15.8. The van der Waals surface area contributed by atoms with Crippen LogP contribution in [0.15, 0.2) is 30.3 Å². The number of amides is 1. The Bertz CT molecular complexity index is 449. The van der Waals surface area contributed by atoms with Crippen LogP contribution in [0.3, 0.4) is 0 Å². The van der Waals surface area contributed by atoms with Gasteiger partial charge in [0.25, 0.3) is 0 Å². The Labute approximate surface area is 146 Å². The number of hydrogen-bond donors (Lipinski definition) is 2. The number of rotatable bonds is 7. The van der Waals surface area contributed by atoms with Crippen molar-refractivity contribution in [3.05, 3.63) is 30.3 Å². The van der Waals surface area contributed by atoms with E-state index in [1.54, 1.807) is 0 Å². The highest BCUT2D eigenvalue weighted by atomic mass is 35.5. The van der Waals surface area contributed by atoms with E-state index >= 15 is 0 Å². The van der Waals surface area contributed by atoms with Gasteiger partial charge in [0.05, 0.1) is 6.04 Å². The van der Waals surface area contributed by atoms with E-state index in [9.17, 15) is 4.79 Å². The number of anilines is 1. The van der Waals surface area contributed by atoms with Crippen LogP contribution in [-0.4, -0.2) is 43.0 Å². The number of piperidine rings is 1. The topological polar surface area (TPSA) is 44.4 Å². The number of hydrogen-bond acceptors (Lipinski definition) is 3. The summed E-state index contributed by atoms with van der Waals surface area (Å²) in [6.45, 7) is 8.38. The Morgan fingerprint density at radius 3 is 2.74 bits per heavy atom. The number of carbonyl (C=O) groups excluding carboxylic acids is 1. The number of nitrogens with zero attached hydrogens (tertiary/aromatic N) is 1. The predicted molar refractivity (Wildman–Crippen MR) is 99.2 cm³/mol. The van der Waals surface area contributed by atoms with Crippen LogP contribution in [0.2, 0.25) is 0 Å². The molecular formula is C18H30ClN3O. The van der Waals surface area contributed by atoms with E-state index in [-0.39, 0.29) is 24.4 Å². The first-order chi connectivity index (χ1) is 10.7. The van der Waals surface area contributed by atoms with E-state index in [0.717, 1.165) is 38.3 Å². The maximum atomic E-state index is 12.5. The lowest BCUT2D eigenvalue weighted by Crippen LogP contribution is -2.47. The third-order valence-electron chi connectivity index (χ3n) is 4.37. The molecule has 0 bridgehead atoms. The largest absolute Gasteiger partial charge is 0.325 e. The highest BCUT2D eigenvalue weighted by molar-refractivity contribution is 5.94. The van der Waals surface area contributed by atoms with Gasteiger partial charge in [-0.3, -0.25) is 9.69 Å². The van der Waals surface area contributed by atoms with Crippen LogP contribution < -0.4 is 10.6 Å². The van der Waals surface area contributed by atoms with Crippen molar-refractivity contribution >= 4 is 24.0 Å². The van der Waals surface area contributed by atoms with E-state index in [1.807, 2.05) is 37.3 Å². The van der Waals surface area contributed by atoms with Gasteiger partial charge in [-0.1, -0.05) is 25.1 Å². The minimum Gasteiger partial charge on any atom is -0.325 e. The fraction of sp³-hybridized carbons (Fsp3) is 0.611. The fourth-order valence-electron chi connectivity index (χ4n) is 3.08. The molecule has 1 aromatic rings. The van der Waals surface area contributed by atoms with Crippen LogP contribution in [0.5, 0.6) is 0 Å². The lowest BCUT2D eigenvalue weighted by atomic mass is 9.98. The van der Waals surface area contributed by atoms with Crippen molar-refractivity contribution in [1.82, 2.24) is 10.2 Å². The highest BCUT2D eigenvalue weighted by Crippen LogP contribution is 2.15. The van der Waals surface area contributed by atoms with Gasteiger partial charge in [0.2, 0.25) is 5.91 Å². The molecule has 23 heavy (non-hydrogen) atoms. The van der Waals surface area contributed by atoms with Crippen LogP contribution in [0, 0.1) is 5.92 Å². The SMILES string of the molecule is CCCN(CC1CCCNC1)C(C)C(=O)Nc1ccccc1.Cl. The van der Waals surface area contributed by atoms with Crippen molar-refractivity contribution in [3.63, 3.8) is 0 Å². The molecule has 1 fully saturated rings. The molecule has 5 heteroatoms. The van der Waals surface area contributed by atoms with Gasteiger partial charge < -0.3 is 10.6 Å². The lowest BCUT2D eigenvalue weighted by Gasteiger charge is -2.33. The van der Waals surface area contributed by atoms with Crippen LogP contribution in [0.4, 0.5) is 5.69 Å². The molecule has 2 atom stereocenters. The number of halogens is 1. The van der Waals surface area contributed by atoms with Crippen LogP contribution in [0.25, 0.3) is 0 Å². The molecular weight excluding hydrogens is 310 g/mol. The van der Waals surface area contributed by atoms with Gasteiger partial charge in [-0.25, -0.2) is 0 Å². The Morgan fingerprint density at radius 1 is 1.39 bits per heavy atom.